The van der Waals surface area contributed by atoms with Crippen molar-refractivity contribution in [2.45, 2.75) is 51.7 Å². The summed E-state index contributed by atoms with van der Waals surface area (Å²) in [7, 11) is 0. The second-order valence-electron chi connectivity index (χ2n) is 8.14. The third-order valence-electron chi connectivity index (χ3n) is 5.85. The first-order chi connectivity index (χ1) is 16.0. The number of benzene rings is 2. The molecule has 174 valence electrons. The molecule has 0 unspecified atom stereocenters. The smallest absolute Gasteiger partial charge is 0.272 e. The van der Waals surface area contributed by atoms with Crippen LogP contribution < -0.4 is 5.32 Å². The predicted octanol–water partition coefficient (Wildman–Crippen LogP) is 7.21. The highest BCUT2D eigenvalue weighted by Gasteiger charge is 2.27. The molecule has 0 aliphatic heterocycles. The molecule has 1 N–H and O–H groups in total. The number of hydrogen-bond acceptors (Lipinski definition) is 3. The lowest BCUT2D eigenvalue weighted by Gasteiger charge is -2.22. The van der Waals surface area contributed by atoms with E-state index >= 15 is 0 Å². The zero-order chi connectivity index (χ0) is 23.4. The van der Waals surface area contributed by atoms with Gasteiger partial charge in [-0.15, -0.1) is 0 Å². The summed E-state index contributed by atoms with van der Waals surface area (Å²) in [4.78, 5) is 13.4. The number of halogens is 3. The molecule has 0 bridgehead atoms. The number of aromatic nitrogens is 2. The van der Waals surface area contributed by atoms with Crippen LogP contribution in [0.4, 0.5) is 0 Å². The van der Waals surface area contributed by atoms with Gasteiger partial charge in [-0.3, -0.25) is 4.79 Å². The van der Waals surface area contributed by atoms with Gasteiger partial charge in [-0.1, -0.05) is 70.5 Å². The molecule has 3 aromatic rings. The van der Waals surface area contributed by atoms with E-state index in [1.54, 1.807) is 16.8 Å². The third-order valence-corrected chi connectivity index (χ3v) is 6.91. The Morgan fingerprint density at radius 2 is 1.88 bits per heavy atom. The first-order valence-corrected chi connectivity index (χ1v) is 12.7. The van der Waals surface area contributed by atoms with Crippen molar-refractivity contribution in [2.24, 2.45) is 0 Å². The number of amides is 1. The summed E-state index contributed by atoms with van der Waals surface area (Å²) in [6.45, 7) is 2.72. The second-order valence-corrected chi connectivity index (χ2v) is 9.90. The van der Waals surface area contributed by atoms with Gasteiger partial charge in [0, 0.05) is 33.3 Å². The van der Waals surface area contributed by atoms with E-state index in [0.29, 0.717) is 28.0 Å². The Morgan fingerprint density at radius 1 is 1.15 bits per heavy atom. The van der Waals surface area contributed by atoms with Crippen molar-refractivity contribution >= 4 is 45.0 Å². The average Bonchev–Trinajstić information content (AvgIpc) is 3.18. The fraction of sp³-hybridized carbons (Fsp3) is 0.360. The molecule has 0 saturated heterocycles. The molecule has 1 saturated carbocycles. The summed E-state index contributed by atoms with van der Waals surface area (Å²) in [5, 5.41) is 8.95. The van der Waals surface area contributed by atoms with Gasteiger partial charge in [0.1, 0.15) is 0 Å². The molecule has 8 heteroatoms. The molecule has 4 rings (SSSR count). The maximum absolute atomic E-state index is 13.4. The number of rotatable bonds is 7. The van der Waals surface area contributed by atoms with Crippen LogP contribution in [0.25, 0.3) is 16.9 Å². The van der Waals surface area contributed by atoms with Crippen LogP contribution in [-0.2, 0) is 11.3 Å². The van der Waals surface area contributed by atoms with Crippen LogP contribution >= 0.6 is 39.1 Å². The van der Waals surface area contributed by atoms with Gasteiger partial charge in [0.15, 0.2) is 5.69 Å². The standard InChI is InChI=1S/C25H26BrCl2N3O2/c1-2-33-15-20-23(25(32)29-19-6-4-3-5-7-19)30-31(22-13-12-18(27)14-21(22)28)24(20)16-8-10-17(26)11-9-16/h8-14,19H,2-7,15H2,1H3,(H,29,32). The monoisotopic (exact) mass is 549 g/mol. The minimum Gasteiger partial charge on any atom is -0.377 e. The lowest BCUT2D eigenvalue weighted by atomic mass is 9.95. The van der Waals surface area contributed by atoms with Gasteiger partial charge in [-0.2, -0.15) is 5.10 Å². The van der Waals surface area contributed by atoms with Crippen molar-refractivity contribution < 1.29 is 9.53 Å². The summed E-state index contributed by atoms with van der Waals surface area (Å²) in [5.74, 6) is -0.182. The summed E-state index contributed by atoms with van der Waals surface area (Å²) in [6, 6.07) is 13.3. The Balaban J connectivity index is 1.86. The van der Waals surface area contributed by atoms with Crippen molar-refractivity contribution in [1.82, 2.24) is 15.1 Å². The normalized spacial score (nSPS) is 14.4. The fourth-order valence-corrected chi connectivity index (χ4v) is 4.96. The van der Waals surface area contributed by atoms with Crippen molar-refractivity contribution in [1.29, 1.82) is 0 Å². The summed E-state index contributed by atoms with van der Waals surface area (Å²) < 4.78 is 8.48. The van der Waals surface area contributed by atoms with Crippen LogP contribution in [0.2, 0.25) is 10.0 Å². The van der Waals surface area contributed by atoms with Crippen molar-refractivity contribution in [2.75, 3.05) is 6.61 Å². The van der Waals surface area contributed by atoms with Gasteiger partial charge >= 0.3 is 0 Å². The van der Waals surface area contributed by atoms with Crippen molar-refractivity contribution in [3.05, 3.63) is 68.2 Å². The lowest BCUT2D eigenvalue weighted by Crippen LogP contribution is -2.36. The molecule has 0 radical (unpaired) electrons. The molecule has 1 heterocycles. The van der Waals surface area contributed by atoms with E-state index in [2.05, 4.69) is 21.2 Å². The van der Waals surface area contributed by atoms with Crippen molar-refractivity contribution in [3.8, 4) is 16.9 Å². The molecule has 1 aliphatic carbocycles. The molecular weight excluding hydrogens is 525 g/mol. The van der Waals surface area contributed by atoms with Crippen LogP contribution in [0.15, 0.2) is 46.9 Å². The molecule has 5 nitrogen and oxygen atoms in total. The quantitative estimate of drug-likeness (QED) is 0.338. The zero-order valence-electron chi connectivity index (χ0n) is 18.4. The minimum absolute atomic E-state index is 0.173. The van der Waals surface area contributed by atoms with E-state index in [0.717, 1.165) is 47.0 Å². The fourth-order valence-electron chi connectivity index (χ4n) is 4.21. The molecule has 0 spiro atoms. The zero-order valence-corrected chi connectivity index (χ0v) is 21.5. The first-order valence-electron chi connectivity index (χ1n) is 11.2. The molecule has 33 heavy (non-hydrogen) atoms. The Bertz CT molecular complexity index is 1130. The Kier molecular flexibility index (Phi) is 8.12. The minimum atomic E-state index is -0.182. The summed E-state index contributed by atoms with van der Waals surface area (Å²) >= 11 is 16.2. The number of carbonyl (C=O) groups is 1. The van der Waals surface area contributed by atoms with Gasteiger partial charge in [0.2, 0.25) is 0 Å². The van der Waals surface area contributed by atoms with Gasteiger partial charge in [0.05, 0.1) is 23.0 Å². The third kappa shape index (κ3) is 5.62. The van der Waals surface area contributed by atoms with E-state index in [1.165, 1.54) is 6.42 Å². The second kappa shape index (κ2) is 11.0. The van der Waals surface area contributed by atoms with Crippen molar-refractivity contribution in [3.63, 3.8) is 0 Å². The molecule has 1 aliphatic rings. The number of ether oxygens (including phenoxy) is 1. The van der Waals surface area contributed by atoms with E-state index < -0.39 is 0 Å². The summed E-state index contributed by atoms with van der Waals surface area (Å²) in [5.41, 5.74) is 3.42. The van der Waals surface area contributed by atoms with Gasteiger partial charge in [0.25, 0.3) is 5.91 Å². The van der Waals surface area contributed by atoms with Crippen LogP contribution in [0.5, 0.6) is 0 Å². The van der Waals surface area contributed by atoms with Crippen LogP contribution in [0.3, 0.4) is 0 Å². The first kappa shape index (κ1) is 24.3. The summed E-state index contributed by atoms with van der Waals surface area (Å²) in [6.07, 6.45) is 5.48. The van der Waals surface area contributed by atoms with Crippen LogP contribution in [0.1, 0.15) is 55.1 Å². The van der Waals surface area contributed by atoms with E-state index in [4.69, 9.17) is 33.0 Å². The van der Waals surface area contributed by atoms with Crippen LogP contribution in [-0.4, -0.2) is 28.3 Å². The average molecular weight is 551 g/mol. The van der Waals surface area contributed by atoms with E-state index in [-0.39, 0.29) is 18.6 Å². The largest absolute Gasteiger partial charge is 0.377 e. The topological polar surface area (TPSA) is 56.1 Å². The number of nitrogens with one attached hydrogen (secondary N) is 1. The predicted molar refractivity (Wildman–Crippen MR) is 136 cm³/mol. The highest BCUT2D eigenvalue weighted by molar-refractivity contribution is 9.10. The van der Waals surface area contributed by atoms with Gasteiger partial charge in [-0.25, -0.2) is 4.68 Å². The molecule has 1 aromatic heterocycles. The molecule has 1 fully saturated rings. The van der Waals surface area contributed by atoms with E-state index in [9.17, 15) is 4.79 Å². The number of hydrogen-bond donors (Lipinski definition) is 1. The number of nitrogens with zero attached hydrogens (tertiary/aromatic N) is 2. The highest BCUT2D eigenvalue weighted by Crippen LogP contribution is 2.34. The maximum Gasteiger partial charge on any atom is 0.272 e. The number of carbonyl (C=O) groups excluding carboxylic acids is 1. The molecule has 2 aromatic carbocycles. The van der Waals surface area contributed by atoms with E-state index in [1.807, 2.05) is 37.3 Å². The maximum atomic E-state index is 13.4. The Morgan fingerprint density at radius 3 is 2.55 bits per heavy atom. The SMILES string of the molecule is CCOCc1c(C(=O)NC2CCCCC2)nn(-c2ccc(Cl)cc2Cl)c1-c1ccc(Br)cc1. The Hall–Kier alpha value is -1.86. The van der Waals surface area contributed by atoms with Crippen LogP contribution in [0, 0.1) is 0 Å². The highest BCUT2D eigenvalue weighted by atomic mass is 79.9. The molecule has 1 amide bonds. The van der Waals surface area contributed by atoms with Gasteiger partial charge in [-0.05, 0) is 50.1 Å². The molecular formula is C25H26BrCl2N3O2. The lowest BCUT2D eigenvalue weighted by molar-refractivity contribution is 0.0912. The molecule has 0 atom stereocenters. The Labute approximate surface area is 212 Å². The van der Waals surface area contributed by atoms with Gasteiger partial charge < -0.3 is 10.1 Å².